The standard InChI is InChI=1S/C18H17ClN4/c1-12-8-9-14(19)10-16(12)23-18-11-17(20-13(2)21-18)22-15-6-4-3-5-7-15/h3-11H,1-2H3,(H2,20,21,22,23). The first-order valence-corrected chi connectivity index (χ1v) is 7.69. The third kappa shape index (κ3) is 3.99. The second-order valence-electron chi connectivity index (χ2n) is 5.26. The Hall–Kier alpha value is -2.59. The molecule has 0 radical (unpaired) electrons. The lowest BCUT2D eigenvalue weighted by Gasteiger charge is -2.12. The van der Waals surface area contributed by atoms with Crippen molar-refractivity contribution in [2.24, 2.45) is 0 Å². The van der Waals surface area contributed by atoms with Crippen molar-refractivity contribution in [3.63, 3.8) is 0 Å². The first-order valence-electron chi connectivity index (χ1n) is 7.31. The van der Waals surface area contributed by atoms with Crippen LogP contribution in [0.15, 0.2) is 54.6 Å². The fourth-order valence-electron chi connectivity index (χ4n) is 2.23. The van der Waals surface area contributed by atoms with Gasteiger partial charge < -0.3 is 10.6 Å². The zero-order valence-corrected chi connectivity index (χ0v) is 13.7. The molecule has 0 fully saturated rings. The van der Waals surface area contributed by atoms with Crippen molar-refractivity contribution in [2.75, 3.05) is 10.6 Å². The molecule has 0 spiro atoms. The zero-order chi connectivity index (χ0) is 16.2. The van der Waals surface area contributed by atoms with Crippen molar-refractivity contribution in [3.05, 3.63) is 71.0 Å². The molecule has 3 aromatic rings. The number of hydrogen-bond acceptors (Lipinski definition) is 4. The van der Waals surface area contributed by atoms with Crippen molar-refractivity contribution >= 4 is 34.6 Å². The Kier molecular flexibility index (Phi) is 4.44. The highest BCUT2D eigenvalue weighted by molar-refractivity contribution is 6.30. The first kappa shape index (κ1) is 15.3. The van der Waals surface area contributed by atoms with E-state index in [-0.39, 0.29) is 0 Å². The van der Waals surface area contributed by atoms with Gasteiger partial charge >= 0.3 is 0 Å². The third-order valence-electron chi connectivity index (χ3n) is 3.35. The summed E-state index contributed by atoms with van der Waals surface area (Å²) < 4.78 is 0. The number of para-hydroxylation sites is 1. The van der Waals surface area contributed by atoms with Crippen LogP contribution in [0.1, 0.15) is 11.4 Å². The Balaban J connectivity index is 1.87. The highest BCUT2D eigenvalue weighted by atomic mass is 35.5. The molecular formula is C18H17ClN4. The molecule has 1 aromatic heterocycles. The molecule has 2 N–H and O–H groups in total. The van der Waals surface area contributed by atoms with E-state index in [9.17, 15) is 0 Å². The number of halogens is 1. The summed E-state index contributed by atoms with van der Waals surface area (Å²) in [6.45, 7) is 3.89. The van der Waals surface area contributed by atoms with Gasteiger partial charge in [-0.05, 0) is 43.7 Å². The van der Waals surface area contributed by atoms with Gasteiger partial charge in [-0.2, -0.15) is 0 Å². The maximum absolute atomic E-state index is 6.07. The highest BCUT2D eigenvalue weighted by Gasteiger charge is 2.05. The maximum atomic E-state index is 6.07. The molecule has 0 aliphatic rings. The van der Waals surface area contributed by atoms with Crippen molar-refractivity contribution in [3.8, 4) is 0 Å². The molecule has 23 heavy (non-hydrogen) atoms. The molecule has 0 aliphatic carbocycles. The minimum atomic E-state index is 0.687. The lowest BCUT2D eigenvalue weighted by molar-refractivity contribution is 1.06. The van der Waals surface area contributed by atoms with Crippen LogP contribution in [0.2, 0.25) is 5.02 Å². The number of aryl methyl sites for hydroxylation is 2. The van der Waals surface area contributed by atoms with Crippen LogP contribution < -0.4 is 10.6 Å². The monoisotopic (exact) mass is 324 g/mol. The van der Waals surface area contributed by atoms with Crippen LogP contribution in [0.5, 0.6) is 0 Å². The van der Waals surface area contributed by atoms with Gasteiger partial charge in [0.25, 0.3) is 0 Å². The number of nitrogens with one attached hydrogen (secondary N) is 2. The largest absolute Gasteiger partial charge is 0.340 e. The Morgan fingerprint density at radius 3 is 2.26 bits per heavy atom. The van der Waals surface area contributed by atoms with Gasteiger partial charge in [0.15, 0.2) is 0 Å². The molecule has 0 atom stereocenters. The van der Waals surface area contributed by atoms with Crippen molar-refractivity contribution in [2.45, 2.75) is 13.8 Å². The Bertz CT molecular complexity index is 819. The summed E-state index contributed by atoms with van der Waals surface area (Å²) in [5.41, 5.74) is 3.01. The van der Waals surface area contributed by atoms with E-state index in [2.05, 4.69) is 20.6 Å². The van der Waals surface area contributed by atoms with Gasteiger partial charge in [-0.15, -0.1) is 0 Å². The fourth-order valence-corrected chi connectivity index (χ4v) is 2.40. The summed E-state index contributed by atoms with van der Waals surface area (Å²) in [6.07, 6.45) is 0. The van der Waals surface area contributed by atoms with E-state index in [0.29, 0.717) is 10.8 Å². The summed E-state index contributed by atoms with van der Waals surface area (Å²) in [7, 11) is 0. The molecule has 3 rings (SSSR count). The van der Waals surface area contributed by atoms with Crippen molar-refractivity contribution in [1.82, 2.24) is 9.97 Å². The molecule has 0 saturated heterocycles. The van der Waals surface area contributed by atoms with Gasteiger partial charge in [0, 0.05) is 22.5 Å². The fraction of sp³-hybridized carbons (Fsp3) is 0.111. The number of anilines is 4. The molecule has 0 amide bonds. The summed E-state index contributed by atoms with van der Waals surface area (Å²) in [4.78, 5) is 8.86. The average molecular weight is 325 g/mol. The summed E-state index contributed by atoms with van der Waals surface area (Å²) >= 11 is 6.07. The van der Waals surface area contributed by atoms with Gasteiger partial charge in [0.05, 0.1) is 0 Å². The number of rotatable bonds is 4. The van der Waals surface area contributed by atoms with Crippen LogP contribution in [0.4, 0.5) is 23.0 Å². The summed E-state index contributed by atoms with van der Waals surface area (Å²) in [5, 5.41) is 7.27. The van der Waals surface area contributed by atoms with Crippen LogP contribution >= 0.6 is 11.6 Å². The second-order valence-corrected chi connectivity index (χ2v) is 5.70. The normalized spacial score (nSPS) is 10.4. The Morgan fingerprint density at radius 2 is 1.52 bits per heavy atom. The quantitative estimate of drug-likeness (QED) is 0.689. The molecule has 4 nitrogen and oxygen atoms in total. The molecule has 0 unspecified atom stereocenters. The number of aromatic nitrogens is 2. The number of benzene rings is 2. The summed E-state index contributed by atoms with van der Waals surface area (Å²) in [5.74, 6) is 2.15. The lowest BCUT2D eigenvalue weighted by atomic mass is 10.2. The van der Waals surface area contributed by atoms with Gasteiger partial charge in [0.2, 0.25) is 0 Å². The minimum absolute atomic E-state index is 0.687. The van der Waals surface area contributed by atoms with Crippen LogP contribution in [-0.4, -0.2) is 9.97 Å². The van der Waals surface area contributed by atoms with Gasteiger partial charge in [-0.3, -0.25) is 0 Å². The van der Waals surface area contributed by atoms with E-state index in [1.54, 1.807) is 0 Å². The van der Waals surface area contributed by atoms with Gasteiger partial charge in [-0.1, -0.05) is 35.9 Å². The first-order chi connectivity index (χ1) is 11.1. The van der Waals surface area contributed by atoms with E-state index >= 15 is 0 Å². The molecule has 0 aliphatic heterocycles. The SMILES string of the molecule is Cc1nc(Nc2ccccc2)cc(Nc2cc(Cl)ccc2C)n1. The predicted octanol–water partition coefficient (Wildman–Crippen LogP) is 5.23. The molecule has 116 valence electrons. The number of hydrogen-bond donors (Lipinski definition) is 2. The number of nitrogens with zero attached hydrogens (tertiary/aromatic N) is 2. The van der Waals surface area contributed by atoms with Crippen molar-refractivity contribution < 1.29 is 0 Å². The van der Waals surface area contributed by atoms with Gasteiger partial charge in [-0.25, -0.2) is 9.97 Å². The van der Waals surface area contributed by atoms with Crippen LogP contribution in [-0.2, 0) is 0 Å². The molecule has 0 bridgehead atoms. The smallest absolute Gasteiger partial charge is 0.136 e. The topological polar surface area (TPSA) is 49.8 Å². The minimum Gasteiger partial charge on any atom is -0.340 e. The van der Waals surface area contributed by atoms with Gasteiger partial charge in [0.1, 0.15) is 17.5 Å². The van der Waals surface area contributed by atoms with E-state index in [1.165, 1.54) is 0 Å². The maximum Gasteiger partial charge on any atom is 0.136 e. The van der Waals surface area contributed by atoms with E-state index in [1.807, 2.05) is 68.4 Å². The molecule has 1 heterocycles. The molecule has 5 heteroatoms. The van der Waals surface area contributed by atoms with Crippen LogP contribution in [0, 0.1) is 13.8 Å². The van der Waals surface area contributed by atoms with E-state index in [0.717, 1.165) is 28.6 Å². The zero-order valence-electron chi connectivity index (χ0n) is 13.0. The van der Waals surface area contributed by atoms with Crippen molar-refractivity contribution in [1.29, 1.82) is 0 Å². The Labute approximate surface area is 140 Å². The molecular weight excluding hydrogens is 308 g/mol. The second kappa shape index (κ2) is 6.67. The molecule has 0 saturated carbocycles. The van der Waals surface area contributed by atoms with Crippen LogP contribution in [0.25, 0.3) is 0 Å². The highest BCUT2D eigenvalue weighted by Crippen LogP contribution is 2.25. The third-order valence-corrected chi connectivity index (χ3v) is 3.58. The molecule has 2 aromatic carbocycles. The average Bonchev–Trinajstić information content (AvgIpc) is 2.51. The Morgan fingerprint density at radius 1 is 0.826 bits per heavy atom. The van der Waals surface area contributed by atoms with E-state index < -0.39 is 0 Å². The predicted molar refractivity (Wildman–Crippen MR) is 96.0 cm³/mol. The van der Waals surface area contributed by atoms with E-state index in [4.69, 9.17) is 11.6 Å². The lowest BCUT2D eigenvalue weighted by Crippen LogP contribution is -2.02. The summed E-state index contributed by atoms with van der Waals surface area (Å²) in [6, 6.07) is 17.5. The van der Waals surface area contributed by atoms with Crippen LogP contribution in [0.3, 0.4) is 0 Å².